The molecule has 0 unspecified atom stereocenters. The highest BCUT2D eigenvalue weighted by Gasteiger charge is 2.05. The molecule has 2 aromatic heterocycles. The van der Waals surface area contributed by atoms with Crippen molar-refractivity contribution in [1.29, 1.82) is 0 Å². The van der Waals surface area contributed by atoms with Crippen LogP contribution in [0.5, 0.6) is 0 Å². The lowest BCUT2D eigenvalue weighted by molar-refractivity contribution is 1.06. The van der Waals surface area contributed by atoms with Gasteiger partial charge in [0.1, 0.15) is 0 Å². The van der Waals surface area contributed by atoms with Crippen molar-refractivity contribution in [2.24, 2.45) is 0 Å². The van der Waals surface area contributed by atoms with Gasteiger partial charge in [-0.2, -0.15) is 5.10 Å². The van der Waals surface area contributed by atoms with E-state index >= 15 is 0 Å². The molecule has 1 N–H and O–H groups in total. The van der Waals surface area contributed by atoms with Crippen LogP contribution in [0.1, 0.15) is 5.56 Å². The monoisotopic (exact) mass is 193 g/mol. The Morgan fingerprint density at radius 3 is 3.00 bits per heavy atom. The molecule has 2 heterocycles. The molecule has 0 saturated heterocycles. The molecule has 0 spiro atoms. The van der Waals surface area contributed by atoms with E-state index in [4.69, 9.17) is 0 Å². The van der Waals surface area contributed by atoms with Crippen LogP contribution >= 0.6 is 11.3 Å². The Labute approximate surface area is 78.3 Å². The van der Waals surface area contributed by atoms with Gasteiger partial charge in [-0.15, -0.1) is 0 Å². The Hall–Kier alpha value is -1.49. The Morgan fingerprint density at radius 1 is 1.54 bits per heavy atom. The number of hydrogen-bond donors (Lipinski definition) is 1. The summed E-state index contributed by atoms with van der Waals surface area (Å²) in [6.45, 7) is 1.96. The maximum Gasteiger partial charge on any atom is 0.322 e. The van der Waals surface area contributed by atoms with Gasteiger partial charge in [0.25, 0.3) is 0 Å². The molecule has 0 fully saturated rings. The second-order valence-corrected chi connectivity index (χ2v) is 3.57. The van der Waals surface area contributed by atoms with Crippen molar-refractivity contribution in [2.45, 2.75) is 6.92 Å². The average molecular weight is 193 g/mol. The first-order chi connectivity index (χ1) is 6.27. The zero-order valence-electron chi connectivity index (χ0n) is 6.94. The summed E-state index contributed by atoms with van der Waals surface area (Å²) in [4.78, 5) is 14.7. The highest BCUT2D eigenvalue weighted by molar-refractivity contribution is 7.12. The number of pyridine rings is 1. The smallest absolute Gasteiger partial charge is 0.264 e. The van der Waals surface area contributed by atoms with Gasteiger partial charge in [0.05, 0.1) is 0 Å². The SMILES string of the molecule is Cc1ccncc1-c1n[nH]c(=O)s1. The fourth-order valence-corrected chi connectivity index (χ4v) is 1.71. The van der Waals surface area contributed by atoms with E-state index in [0.717, 1.165) is 22.5 Å². The molecule has 13 heavy (non-hydrogen) atoms. The molecule has 0 amide bonds. The van der Waals surface area contributed by atoms with Gasteiger partial charge in [-0.1, -0.05) is 11.3 Å². The van der Waals surface area contributed by atoms with Crippen molar-refractivity contribution in [2.75, 3.05) is 0 Å². The zero-order valence-corrected chi connectivity index (χ0v) is 7.76. The molecule has 0 aliphatic rings. The third-order valence-electron chi connectivity index (χ3n) is 1.71. The highest BCUT2D eigenvalue weighted by atomic mass is 32.1. The molecule has 0 aromatic carbocycles. The summed E-state index contributed by atoms with van der Waals surface area (Å²) < 4.78 is 0. The molecule has 0 radical (unpaired) electrons. The van der Waals surface area contributed by atoms with Crippen molar-refractivity contribution in [3.63, 3.8) is 0 Å². The van der Waals surface area contributed by atoms with Gasteiger partial charge < -0.3 is 0 Å². The number of nitrogens with zero attached hydrogens (tertiary/aromatic N) is 2. The second kappa shape index (κ2) is 3.10. The predicted molar refractivity (Wildman–Crippen MR) is 50.7 cm³/mol. The molecule has 0 bridgehead atoms. The van der Waals surface area contributed by atoms with Crippen LogP contribution in [0.2, 0.25) is 0 Å². The van der Waals surface area contributed by atoms with Crippen molar-refractivity contribution < 1.29 is 0 Å². The number of nitrogens with one attached hydrogen (secondary N) is 1. The molecule has 66 valence electrons. The molecule has 2 aromatic rings. The summed E-state index contributed by atoms with van der Waals surface area (Å²) in [5.74, 6) is 0. The minimum absolute atomic E-state index is 0.141. The molecule has 0 aliphatic carbocycles. The van der Waals surface area contributed by atoms with Crippen LogP contribution in [0, 0.1) is 6.92 Å². The number of aromatic nitrogens is 3. The van der Waals surface area contributed by atoms with Gasteiger partial charge >= 0.3 is 4.87 Å². The lowest BCUT2D eigenvalue weighted by Crippen LogP contribution is -1.90. The Balaban J connectivity index is 2.58. The Morgan fingerprint density at radius 2 is 2.38 bits per heavy atom. The quantitative estimate of drug-likeness (QED) is 0.740. The van der Waals surface area contributed by atoms with E-state index in [1.54, 1.807) is 12.4 Å². The third-order valence-corrected chi connectivity index (χ3v) is 2.49. The van der Waals surface area contributed by atoms with Gasteiger partial charge in [-0.3, -0.25) is 9.78 Å². The Kier molecular flexibility index (Phi) is 1.94. The van der Waals surface area contributed by atoms with Crippen molar-refractivity contribution in [1.82, 2.24) is 15.2 Å². The number of aryl methyl sites for hydroxylation is 1. The average Bonchev–Trinajstić information content (AvgIpc) is 2.53. The Bertz CT molecular complexity index is 474. The fourth-order valence-electron chi connectivity index (χ4n) is 1.03. The van der Waals surface area contributed by atoms with Crippen molar-refractivity contribution in [3.8, 4) is 10.6 Å². The molecular formula is C8H7N3OS. The summed E-state index contributed by atoms with van der Waals surface area (Å²) in [5.41, 5.74) is 1.98. The molecule has 0 saturated carbocycles. The summed E-state index contributed by atoms with van der Waals surface area (Å²) in [5, 5.41) is 6.96. The second-order valence-electron chi connectivity index (χ2n) is 2.61. The summed E-state index contributed by atoms with van der Waals surface area (Å²) in [7, 11) is 0. The van der Waals surface area contributed by atoms with Crippen LogP contribution in [0.25, 0.3) is 10.6 Å². The van der Waals surface area contributed by atoms with Crippen molar-refractivity contribution in [3.05, 3.63) is 33.7 Å². The number of aromatic amines is 1. The lowest BCUT2D eigenvalue weighted by atomic mass is 10.2. The number of rotatable bonds is 1. The molecule has 5 heteroatoms. The van der Waals surface area contributed by atoms with E-state index in [1.165, 1.54) is 0 Å². The molecule has 2 rings (SSSR count). The van der Waals surface area contributed by atoms with Crippen LogP contribution in [0.15, 0.2) is 23.3 Å². The maximum absolute atomic E-state index is 10.9. The first-order valence-electron chi connectivity index (χ1n) is 3.74. The molecule has 0 aliphatic heterocycles. The van der Waals surface area contributed by atoms with E-state index in [9.17, 15) is 4.79 Å². The van der Waals surface area contributed by atoms with Crippen LogP contribution < -0.4 is 4.87 Å². The van der Waals surface area contributed by atoms with Crippen LogP contribution in [-0.4, -0.2) is 15.2 Å². The van der Waals surface area contributed by atoms with Gasteiger partial charge in [0.15, 0.2) is 5.01 Å². The number of H-pyrrole nitrogens is 1. The summed E-state index contributed by atoms with van der Waals surface area (Å²) >= 11 is 1.09. The van der Waals surface area contributed by atoms with E-state index in [2.05, 4.69) is 15.2 Å². The van der Waals surface area contributed by atoms with Crippen LogP contribution in [0.4, 0.5) is 0 Å². The van der Waals surface area contributed by atoms with E-state index in [-0.39, 0.29) is 4.87 Å². The van der Waals surface area contributed by atoms with E-state index in [1.807, 2.05) is 13.0 Å². The normalized spacial score (nSPS) is 10.2. The first kappa shape index (κ1) is 8.12. The maximum atomic E-state index is 10.9. The van der Waals surface area contributed by atoms with Gasteiger partial charge in [-0.25, -0.2) is 5.10 Å². The minimum atomic E-state index is -0.141. The lowest BCUT2D eigenvalue weighted by Gasteiger charge is -1.97. The first-order valence-corrected chi connectivity index (χ1v) is 4.55. The van der Waals surface area contributed by atoms with Gasteiger partial charge in [0.2, 0.25) is 0 Å². The molecule has 4 nitrogen and oxygen atoms in total. The van der Waals surface area contributed by atoms with Gasteiger partial charge in [-0.05, 0) is 18.6 Å². The van der Waals surface area contributed by atoms with Gasteiger partial charge in [0, 0.05) is 18.0 Å². The van der Waals surface area contributed by atoms with Crippen LogP contribution in [0.3, 0.4) is 0 Å². The van der Waals surface area contributed by atoms with Crippen molar-refractivity contribution >= 4 is 11.3 Å². The molecular weight excluding hydrogens is 186 g/mol. The number of hydrogen-bond acceptors (Lipinski definition) is 4. The van der Waals surface area contributed by atoms with Crippen LogP contribution in [-0.2, 0) is 0 Å². The topological polar surface area (TPSA) is 58.6 Å². The standard InChI is InChI=1S/C8H7N3OS/c1-5-2-3-9-4-6(5)7-10-11-8(12)13-7/h2-4H,1H3,(H,11,12). The van der Waals surface area contributed by atoms with E-state index < -0.39 is 0 Å². The predicted octanol–water partition coefficient (Wildman–Crippen LogP) is 1.20. The largest absolute Gasteiger partial charge is 0.322 e. The fraction of sp³-hybridized carbons (Fsp3) is 0.125. The highest BCUT2D eigenvalue weighted by Crippen LogP contribution is 2.20. The minimum Gasteiger partial charge on any atom is -0.264 e. The molecule has 0 atom stereocenters. The third kappa shape index (κ3) is 1.50. The zero-order chi connectivity index (χ0) is 9.26. The summed E-state index contributed by atoms with van der Waals surface area (Å²) in [6, 6.07) is 1.89. The van der Waals surface area contributed by atoms with E-state index in [0.29, 0.717) is 5.01 Å². The summed E-state index contributed by atoms with van der Waals surface area (Å²) in [6.07, 6.45) is 3.43.